The van der Waals surface area contributed by atoms with Gasteiger partial charge in [-0.2, -0.15) is 0 Å². The lowest BCUT2D eigenvalue weighted by atomic mass is 9.89. The molecule has 2 atom stereocenters. The van der Waals surface area contributed by atoms with Crippen molar-refractivity contribution in [1.29, 1.82) is 0 Å². The number of likely N-dealkylation sites (tertiary alicyclic amines) is 1. The first-order valence-corrected chi connectivity index (χ1v) is 12.2. The molecule has 4 nitrogen and oxygen atoms in total. The number of carbonyl (C=O) groups is 1. The van der Waals surface area contributed by atoms with Crippen LogP contribution >= 0.6 is 0 Å². The van der Waals surface area contributed by atoms with E-state index < -0.39 is 5.60 Å². The minimum absolute atomic E-state index is 0.124. The predicted molar refractivity (Wildman–Crippen MR) is 130 cm³/mol. The SMILES string of the molecule is CC(C)(C)OC(=O)N(C1CCCCC1)[C@@H]1CN(Cc2ccccc2)C[C@H]1c1ccccc1. The first-order chi connectivity index (χ1) is 15.4. The highest BCUT2D eigenvalue weighted by molar-refractivity contribution is 5.69. The van der Waals surface area contributed by atoms with E-state index in [-0.39, 0.29) is 24.1 Å². The van der Waals surface area contributed by atoms with E-state index in [1.54, 1.807) is 0 Å². The van der Waals surface area contributed by atoms with Crippen molar-refractivity contribution in [2.45, 2.75) is 83.0 Å². The van der Waals surface area contributed by atoms with Crippen LogP contribution in [0.4, 0.5) is 4.79 Å². The molecule has 0 unspecified atom stereocenters. The Labute approximate surface area is 193 Å². The fourth-order valence-corrected chi connectivity index (χ4v) is 5.38. The van der Waals surface area contributed by atoms with Gasteiger partial charge < -0.3 is 9.64 Å². The fourth-order valence-electron chi connectivity index (χ4n) is 5.38. The largest absolute Gasteiger partial charge is 0.444 e. The van der Waals surface area contributed by atoms with Gasteiger partial charge in [-0.3, -0.25) is 4.90 Å². The third kappa shape index (κ3) is 5.72. The van der Waals surface area contributed by atoms with Gasteiger partial charge in [0, 0.05) is 31.6 Å². The van der Waals surface area contributed by atoms with Crippen LogP contribution in [0, 0.1) is 0 Å². The summed E-state index contributed by atoms with van der Waals surface area (Å²) in [5, 5.41) is 0. The Kier molecular flexibility index (Phi) is 7.20. The Bertz CT molecular complexity index is 856. The zero-order valence-electron chi connectivity index (χ0n) is 19.9. The lowest BCUT2D eigenvalue weighted by Crippen LogP contribution is -2.52. The van der Waals surface area contributed by atoms with Crippen LogP contribution in [-0.4, -0.2) is 46.7 Å². The molecule has 0 bridgehead atoms. The lowest BCUT2D eigenvalue weighted by molar-refractivity contribution is -0.000737. The molecule has 1 aliphatic carbocycles. The Morgan fingerprint density at radius 3 is 2.19 bits per heavy atom. The maximum atomic E-state index is 13.6. The summed E-state index contributed by atoms with van der Waals surface area (Å²) in [6.07, 6.45) is 5.68. The Hall–Kier alpha value is -2.33. The van der Waals surface area contributed by atoms with Crippen molar-refractivity contribution in [3.05, 3.63) is 71.8 Å². The van der Waals surface area contributed by atoms with Crippen LogP contribution in [0.15, 0.2) is 60.7 Å². The first kappa shape index (κ1) is 22.8. The van der Waals surface area contributed by atoms with Crippen LogP contribution in [0.5, 0.6) is 0 Å². The van der Waals surface area contributed by atoms with Crippen LogP contribution < -0.4 is 0 Å². The molecule has 1 saturated carbocycles. The van der Waals surface area contributed by atoms with Gasteiger partial charge in [0.05, 0.1) is 6.04 Å². The molecule has 0 aromatic heterocycles. The summed E-state index contributed by atoms with van der Waals surface area (Å²) < 4.78 is 5.97. The molecule has 2 aliphatic rings. The van der Waals surface area contributed by atoms with Gasteiger partial charge in [-0.25, -0.2) is 4.79 Å². The second kappa shape index (κ2) is 10.1. The van der Waals surface area contributed by atoms with Crippen LogP contribution in [0.1, 0.15) is 69.9 Å². The summed E-state index contributed by atoms with van der Waals surface area (Å²) in [6.45, 7) is 8.65. The highest BCUT2D eigenvalue weighted by atomic mass is 16.6. The second-order valence-corrected chi connectivity index (χ2v) is 10.4. The standard InChI is InChI=1S/C28H38N2O2/c1-28(2,3)32-27(31)30(24-17-11-6-12-18-24)26-21-29(19-22-13-7-4-8-14-22)20-25(26)23-15-9-5-10-16-23/h4-5,7-10,13-16,24-26H,6,11-12,17-21H2,1-3H3/t25-,26+/m0/s1. The molecule has 4 rings (SSSR count). The number of nitrogens with zero attached hydrogens (tertiary/aromatic N) is 2. The smallest absolute Gasteiger partial charge is 0.410 e. The van der Waals surface area contributed by atoms with Crippen LogP contribution in [-0.2, 0) is 11.3 Å². The summed E-state index contributed by atoms with van der Waals surface area (Å²) in [5.41, 5.74) is 2.15. The van der Waals surface area contributed by atoms with Gasteiger partial charge in [0.1, 0.15) is 5.60 Å². The first-order valence-electron chi connectivity index (χ1n) is 12.2. The van der Waals surface area contributed by atoms with Crippen molar-refractivity contribution < 1.29 is 9.53 Å². The number of rotatable bonds is 5. The Balaban J connectivity index is 1.64. The van der Waals surface area contributed by atoms with Gasteiger partial charge in [0.25, 0.3) is 0 Å². The molecule has 2 aromatic rings. The molecule has 0 radical (unpaired) electrons. The quantitative estimate of drug-likeness (QED) is 0.560. The van der Waals surface area contributed by atoms with E-state index in [9.17, 15) is 4.79 Å². The highest BCUT2D eigenvalue weighted by Gasteiger charge is 2.43. The van der Waals surface area contributed by atoms with E-state index in [0.29, 0.717) is 0 Å². The van der Waals surface area contributed by atoms with Gasteiger partial charge >= 0.3 is 6.09 Å². The second-order valence-electron chi connectivity index (χ2n) is 10.4. The predicted octanol–water partition coefficient (Wildman–Crippen LogP) is 6.22. The van der Waals surface area contributed by atoms with Gasteiger partial charge in [0.2, 0.25) is 0 Å². The number of amides is 1. The molecule has 4 heteroatoms. The summed E-state index contributed by atoms with van der Waals surface area (Å²) in [5.74, 6) is 0.286. The molecular weight excluding hydrogens is 396 g/mol. The molecular formula is C28H38N2O2. The zero-order chi connectivity index (χ0) is 22.6. The third-order valence-electron chi connectivity index (χ3n) is 6.77. The average Bonchev–Trinajstić information content (AvgIpc) is 3.18. The minimum atomic E-state index is -0.491. The maximum absolute atomic E-state index is 13.6. The van der Waals surface area contributed by atoms with E-state index in [4.69, 9.17) is 4.74 Å². The molecule has 0 N–H and O–H groups in total. The maximum Gasteiger partial charge on any atom is 0.410 e. The molecule has 1 saturated heterocycles. The van der Waals surface area contributed by atoms with Crippen molar-refractivity contribution in [2.24, 2.45) is 0 Å². The van der Waals surface area contributed by atoms with E-state index in [1.807, 2.05) is 20.8 Å². The lowest BCUT2D eigenvalue weighted by Gasteiger charge is -2.41. The monoisotopic (exact) mass is 434 g/mol. The van der Waals surface area contributed by atoms with Crippen LogP contribution in [0.2, 0.25) is 0 Å². The highest BCUT2D eigenvalue weighted by Crippen LogP contribution is 2.36. The molecule has 1 aliphatic heterocycles. The minimum Gasteiger partial charge on any atom is -0.444 e. The topological polar surface area (TPSA) is 32.8 Å². The zero-order valence-corrected chi connectivity index (χ0v) is 19.9. The van der Waals surface area contributed by atoms with Crippen molar-refractivity contribution in [3.63, 3.8) is 0 Å². The molecule has 0 spiro atoms. The summed E-state index contributed by atoms with van der Waals surface area (Å²) in [6, 6.07) is 21.8. The molecule has 172 valence electrons. The van der Waals surface area contributed by atoms with Gasteiger partial charge in [-0.05, 0) is 44.7 Å². The number of hydrogen-bond donors (Lipinski definition) is 0. The van der Waals surface area contributed by atoms with E-state index >= 15 is 0 Å². The van der Waals surface area contributed by atoms with Crippen molar-refractivity contribution in [1.82, 2.24) is 9.80 Å². The van der Waals surface area contributed by atoms with Crippen molar-refractivity contribution in [3.8, 4) is 0 Å². The number of ether oxygens (including phenoxy) is 1. The Morgan fingerprint density at radius 2 is 1.56 bits per heavy atom. The Morgan fingerprint density at radius 1 is 0.938 bits per heavy atom. The fraction of sp³-hybridized carbons (Fsp3) is 0.536. The number of benzene rings is 2. The summed E-state index contributed by atoms with van der Waals surface area (Å²) in [4.78, 5) is 18.2. The number of hydrogen-bond acceptors (Lipinski definition) is 3. The normalized spacial score (nSPS) is 22.6. The average molecular weight is 435 g/mol. The third-order valence-corrected chi connectivity index (χ3v) is 6.77. The van der Waals surface area contributed by atoms with Gasteiger partial charge in [0.15, 0.2) is 0 Å². The molecule has 1 heterocycles. The molecule has 32 heavy (non-hydrogen) atoms. The van der Waals surface area contributed by atoms with Crippen LogP contribution in [0.3, 0.4) is 0 Å². The van der Waals surface area contributed by atoms with E-state index in [0.717, 1.165) is 32.5 Å². The van der Waals surface area contributed by atoms with Gasteiger partial charge in [-0.1, -0.05) is 79.9 Å². The molecule has 2 aromatic carbocycles. The number of carbonyl (C=O) groups excluding carboxylic acids is 1. The van der Waals surface area contributed by atoms with Crippen molar-refractivity contribution >= 4 is 6.09 Å². The van der Waals surface area contributed by atoms with Crippen LogP contribution in [0.25, 0.3) is 0 Å². The summed E-state index contributed by atoms with van der Waals surface area (Å²) >= 11 is 0. The van der Waals surface area contributed by atoms with E-state index in [1.165, 1.54) is 30.4 Å². The van der Waals surface area contributed by atoms with Crippen molar-refractivity contribution in [2.75, 3.05) is 13.1 Å². The molecule has 2 fully saturated rings. The van der Waals surface area contributed by atoms with Gasteiger partial charge in [-0.15, -0.1) is 0 Å². The summed E-state index contributed by atoms with van der Waals surface area (Å²) in [7, 11) is 0. The molecule has 1 amide bonds. The van der Waals surface area contributed by atoms with E-state index in [2.05, 4.69) is 70.5 Å².